The van der Waals surface area contributed by atoms with Gasteiger partial charge in [0, 0.05) is 37.8 Å². The summed E-state index contributed by atoms with van der Waals surface area (Å²) < 4.78 is 2.06. The van der Waals surface area contributed by atoms with E-state index in [0.29, 0.717) is 5.92 Å². The average Bonchev–Trinajstić information content (AvgIpc) is 3.12. The Balaban J connectivity index is 0.00000169. The number of hydrogen-bond acceptors (Lipinski definition) is 3. The molecule has 3 heterocycles. The monoisotopic (exact) mass is 362 g/mol. The minimum atomic E-state index is 0. The van der Waals surface area contributed by atoms with Crippen LogP contribution in [0.1, 0.15) is 17.2 Å². The van der Waals surface area contributed by atoms with Crippen molar-refractivity contribution in [3.05, 3.63) is 71.1 Å². The molecule has 1 fully saturated rings. The Bertz CT molecular complexity index is 818. The van der Waals surface area contributed by atoms with Crippen LogP contribution in [0, 0.1) is 0 Å². The number of fused-ring (bicyclic) bond motifs is 1. The highest BCUT2D eigenvalue weighted by Gasteiger charge is 2.31. The Morgan fingerprint density at radius 3 is 2.71 bits per heavy atom. The number of halogens is 2. The predicted octanol–water partition coefficient (Wildman–Crippen LogP) is 3.34. The molecule has 3 aromatic rings. The topological polar surface area (TPSA) is 46.6 Å². The van der Waals surface area contributed by atoms with E-state index in [0.717, 1.165) is 36.0 Å². The molecule has 1 aromatic carbocycles. The maximum Gasteiger partial charge on any atom is 0.137 e. The fourth-order valence-corrected chi connectivity index (χ4v) is 3.61. The highest BCUT2D eigenvalue weighted by Crippen LogP contribution is 2.27. The van der Waals surface area contributed by atoms with Gasteiger partial charge in [-0.25, -0.2) is 4.98 Å². The van der Waals surface area contributed by atoms with E-state index in [2.05, 4.69) is 38.6 Å². The third-order valence-electron chi connectivity index (χ3n) is 4.60. The van der Waals surface area contributed by atoms with Gasteiger partial charge in [-0.15, -0.1) is 12.4 Å². The van der Waals surface area contributed by atoms with Gasteiger partial charge in [0.15, 0.2) is 0 Å². The SMILES string of the molecule is Cl.N[C@@H]1CN(Cc2cnc3ccc(Cl)cn23)C[C@H]1c1ccccc1. The van der Waals surface area contributed by atoms with E-state index in [4.69, 9.17) is 17.3 Å². The lowest BCUT2D eigenvalue weighted by atomic mass is 9.95. The fourth-order valence-electron chi connectivity index (χ4n) is 3.45. The summed E-state index contributed by atoms with van der Waals surface area (Å²) in [4.78, 5) is 6.84. The van der Waals surface area contributed by atoms with E-state index in [1.54, 1.807) is 0 Å². The second-order valence-corrected chi connectivity index (χ2v) is 6.64. The lowest BCUT2D eigenvalue weighted by Crippen LogP contribution is -2.28. The van der Waals surface area contributed by atoms with Gasteiger partial charge >= 0.3 is 0 Å². The van der Waals surface area contributed by atoms with Crippen molar-refractivity contribution in [3.63, 3.8) is 0 Å². The van der Waals surface area contributed by atoms with Gasteiger partial charge < -0.3 is 10.1 Å². The molecule has 2 N–H and O–H groups in total. The number of aromatic nitrogens is 2. The van der Waals surface area contributed by atoms with Crippen LogP contribution in [0.25, 0.3) is 5.65 Å². The first-order valence-electron chi connectivity index (χ1n) is 7.85. The van der Waals surface area contributed by atoms with Gasteiger partial charge in [0.1, 0.15) is 5.65 Å². The summed E-state index contributed by atoms with van der Waals surface area (Å²) in [6, 6.07) is 14.5. The number of likely N-dealkylation sites (tertiary alicyclic amines) is 1. The maximum atomic E-state index is 6.38. The molecule has 0 saturated carbocycles. The Morgan fingerprint density at radius 2 is 1.92 bits per heavy atom. The fraction of sp³-hybridized carbons (Fsp3) is 0.278. The van der Waals surface area contributed by atoms with Gasteiger partial charge in [-0.05, 0) is 17.7 Å². The van der Waals surface area contributed by atoms with E-state index >= 15 is 0 Å². The first-order chi connectivity index (χ1) is 11.2. The number of nitrogens with zero attached hydrogens (tertiary/aromatic N) is 3. The van der Waals surface area contributed by atoms with E-state index in [1.807, 2.05) is 30.6 Å². The molecule has 4 nitrogen and oxygen atoms in total. The van der Waals surface area contributed by atoms with Crippen molar-refractivity contribution < 1.29 is 0 Å². The first kappa shape index (κ1) is 17.2. The Kier molecular flexibility index (Phi) is 5.11. The van der Waals surface area contributed by atoms with Crippen LogP contribution in [-0.2, 0) is 6.54 Å². The van der Waals surface area contributed by atoms with Crippen molar-refractivity contribution in [2.45, 2.75) is 18.5 Å². The van der Waals surface area contributed by atoms with E-state index < -0.39 is 0 Å². The number of hydrogen-bond donors (Lipinski definition) is 1. The normalized spacial score (nSPS) is 21.1. The van der Waals surface area contributed by atoms with Crippen LogP contribution in [0.2, 0.25) is 5.02 Å². The smallest absolute Gasteiger partial charge is 0.137 e. The summed E-state index contributed by atoms with van der Waals surface area (Å²) in [6.45, 7) is 2.70. The van der Waals surface area contributed by atoms with Crippen molar-refractivity contribution in [1.82, 2.24) is 14.3 Å². The van der Waals surface area contributed by atoms with Crippen LogP contribution >= 0.6 is 24.0 Å². The number of rotatable bonds is 3. The van der Waals surface area contributed by atoms with Crippen molar-refractivity contribution >= 4 is 29.7 Å². The van der Waals surface area contributed by atoms with Gasteiger partial charge in [0.2, 0.25) is 0 Å². The molecule has 0 spiro atoms. The second kappa shape index (κ2) is 7.11. The molecular formula is C18H20Cl2N4. The van der Waals surface area contributed by atoms with Crippen LogP contribution in [0.5, 0.6) is 0 Å². The van der Waals surface area contributed by atoms with Crippen molar-refractivity contribution in [3.8, 4) is 0 Å². The molecular weight excluding hydrogens is 343 g/mol. The molecule has 2 aromatic heterocycles. The zero-order valence-electron chi connectivity index (χ0n) is 13.2. The second-order valence-electron chi connectivity index (χ2n) is 6.20. The van der Waals surface area contributed by atoms with Gasteiger partial charge in [0.25, 0.3) is 0 Å². The van der Waals surface area contributed by atoms with Gasteiger partial charge in [-0.3, -0.25) is 4.90 Å². The summed E-state index contributed by atoms with van der Waals surface area (Å²) in [5.74, 6) is 0.388. The van der Waals surface area contributed by atoms with Crippen LogP contribution in [-0.4, -0.2) is 33.4 Å². The molecule has 0 radical (unpaired) electrons. The Hall–Kier alpha value is -1.59. The first-order valence-corrected chi connectivity index (χ1v) is 8.23. The number of imidazole rings is 1. The molecule has 1 aliphatic heterocycles. The van der Waals surface area contributed by atoms with E-state index in [-0.39, 0.29) is 18.4 Å². The van der Waals surface area contributed by atoms with Gasteiger partial charge in [-0.2, -0.15) is 0 Å². The molecule has 6 heteroatoms. The number of pyridine rings is 1. The van der Waals surface area contributed by atoms with Crippen LogP contribution in [0.15, 0.2) is 54.9 Å². The summed E-state index contributed by atoms with van der Waals surface area (Å²) in [7, 11) is 0. The minimum absolute atomic E-state index is 0. The average molecular weight is 363 g/mol. The van der Waals surface area contributed by atoms with Crippen LogP contribution in [0.4, 0.5) is 0 Å². The standard InChI is InChI=1S/C18H19ClN4.ClH/c19-14-6-7-18-21-8-15(23(18)9-14)10-22-11-16(17(20)12-22)13-4-2-1-3-5-13;/h1-9,16-17H,10-12,20H2;1H/t16-,17+;/m0./s1. The molecule has 0 bridgehead atoms. The maximum absolute atomic E-state index is 6.38. The molecule has 4 rings (SSSR count). The molecule has 0 amide bonds. The third-order valence-corrected chi connectivity index (χ3v) is 4.82. The summed E-state index contributed by atoms with van der Waals surface area (Å²) >= 11 is 6.11. The lowest BCUT2D eigenvalue weighted by molar-refractivity contribution is 0.319. The molecule has 2 atom stereocenters. The highest BCUT2D eigenvalue weighted by atomic mass is 35.5. The number of benzene rings is 1. The Labute approximate surface area is 152 Å². The van der Waals surface area contributed by atoms with Crippen molar-refractivity contribution in [2.75, 3.05) is 13.1 Å². The quantitative estimate of drug-likeness (QED) is 0.777. The zero-order valence-corrected chi connectivity index (χ0v) is 14.7. The van der Waals surface area contributed by atoms with Crippen LogP contribution < -0.4 is 5.73 Å². The minimum Gasteiger partial charge on any atom is -0.326 e. The van der Waals surface area contributed by atoms with Crippen molar-refractivity contribution in [2.24, 2.45) is 5.73 Å². The third kappa shape index (κ3) is 3.28. The summed E-state index contributed by atoms with van der Waals surface area (Å²) in [5, 5.41) is 0.719. The molecule has 24 heavy (non-hydrogen) atoms. The van der Waals surface area contributed by atoms with Crippen LogP contribution in [0.3, 0.4) is 0 Å². The van der Waals surface area contributed by atoms with Crippen molar-refractivity contribution in [1.29, 1.82) is 0 Å². The largest absolute Gasteiger partial charge is 0.326 e. The molecule has 0 aliphatic carbocycles. The summed E-state index contributed by atoms with van der Waals surface area (Å²) in [6.07, 6.45) is 3.84. The number of nitrogens with two attached hydrogens (primary N) is 1. The lowest BCUT2D eigenvalue weighted by Gasteiger charge is -2.16. The summed E-state index contributed by atoms with van der Waals surface area (Å²) in [5.41, 5.74) is 9.77. The highest BCUT2D eigenvalue weighted by molar-refractivity contribution is 6.30. The van der Waals surface area contributed by atoms with Gasteiger partial charge in [-0.1, -0.05) is 41.9 Å². The van der Waals surface area contributed by atoms with E-state index in [9.17, 15) is 0 Å². The van der Waals surface area contributed by atoms with Gasteiger partial charge in [0.05, 0.1) is 16.9 Å². The van der Waals surface area contributed by atoms with E-state index in [1.165, 1.54) is 5.56 Å². The zero-order chi connectivity index (χ0) is 15.8. The molecule has 126 valence electrons. The molecule has 1 aliphatic rings. The Morgan fingerprint density at radius 1 is 1.12 bits per heavy atom. The molecule has 1 saturated heterocycles. The predicted molar refractivity (Wildman–Crippen MR) is 99.9 cm³/mol. The molecule has 0 unspecified atom stereocenters.